The highest BCUT2D eigenvalue weighted by atomic mass is 16.5. The highest BCUT2D eigenvalue weighted by Crippen LogP contribution is 2.35. The molecule has 2 N–H and O–H groups in total. The van der Waals surface area contributed by atoms with Crippen LogP contribution in [0.5, 0.6) is 0 Å². The van der Waals surface area contributed by atoms with Crippen molar-refractivity contribution in [1.29, 1.82) is 0 Å². The summed E-state index contributed by atoms with van der Waals surface area (Å²) < 4.78 is 7.15. The maximum absolute atomic E-state index is 5.97. The quantitative estimate of drug-likeness (QED) is 0.681. The lowest BCUT2D eigenvalue weighted by Gasteiger charge is -2.32. The van der Waals surface area contributed by atoms with Crippen molar-refractivity contribution >= 4 is 5.82 Å². The number of benzene rings is 1. The lowest BCUT2D eigenvalue weighted by atomic mass is 9.78. The van der Waals surface area contributed by atoms with E-state index in [1.807, 2.05) is 48.3 Å². The van der Waals surface area contributed by atoms with Crippen LogP contribution in [0.25, 0.3) is 5.69 Å². The summed E-state index contributed by atoms with van der Waals surface area (Å²) in [6.07, 6.45) is 5.91. The zero-order chi connectivity index (χ0) is 19.5. The van der Waals surface area contributed by atoms with Crippen molar-refractivity contribution < 1.29 is 4.74 Å². The van der Waals surface area contributed by atoms with E-state index in [1.54, 1.807) is 7.11 Å². The predicted octanol–water partition coefficient (Wildman–Crippen LogP) is 2.65. The van der Waals surface area contributed by atoms with Crippen molar-refractivity contribution in [3.05, 3.63) is 65.9 Å². The molecule has 1 fully saturated rings. The lowest BCUT2D eigenvalue weighted by Crippen LogP contribution is -2.35. The molecule has 1 saturated carbocycles. The zero-order valence-electron chi connectivity index (χ0n) is 16.3. The summed E-state index contributed by atoms with van der Waals surface area (Å²) in [4.78, 5) is 11.5. The van der Waals surface area contributed by atoms with Crippen molar-refractivity contribution in [2.75, 3.05) is 19.1 Å². The Bertz CT molecular complexity index is 920. The number of hydrogen-bond donors (Lipinski definition) is 1. The summed E-state index contributed by atoms with van der Waals surface area (Å²) >= 11 is 0. The molecule has 0 bridgehead atoms. The van der Waals surface area contributed by atoms with Gasteiger partial charge in [-0.2, -0.15) is 5.10 Å². The molecule has 0 aliphatic heterocycles. The molecule has 0 saturated heterocycles. The molecular formula is C21H26N6O. The first-order valence-corrected chi connectivity index (χ1v) is 9.55. The first-order valence-electron chi connectivity index (χ1n) is 9.55. The number of rotatable bonds is 7. The second-order valence-electron chi connectivity index (χ2n) is 7.41. The van der Waals surface area contributed by atoms with Gasteiger partial charge >= 0.3 is 0 Å². The third-order valence-electron chi connectivity index (χ3n) is 5.11. The van der Waals surface area contributed by atoms with E-state index in [9.17, 15) is 0 Å². The van der Waals surface area contributed by atoms with Gasteiger partial charge in [-0.1, -0.05) is 18.2 Å². The average Bonchev–Trinajstić information content (AvgIpc) is 3.15. The summed E-state index contributed by atoms with van der Waals surface area (Å²) in [5, 5.41) is 4.48. The number of nitrogens with two attached hydrogens (primary N) is 1. The summed E-state index contributed by atoms with van der Waals surface area (Å²) in [5.74, 6) is 2.02. The summed E-state index contributed by atoms with van der Waals surface area (Å²) in [6, 6.07) is 12.5. The molecular weight excluding hydrogens is 352 g/mol. The minimum atomic E-state index is 0.288. The van der Waals surface area contributed by atoms with Crippen molar-refractivity contribution in [2.24, 2.45) is 5.73 Å². The molecule has 4 rings (SSSR count). The zero-order valence-corrected chi connectivity index (χ0v) is 16.3. The first kappa shape index (κ1) is 18.6. The number of methoxy groups -OCH3 is 1. The topological polar surface area (TPSA) is 82.1 Å². The van der Waals surface area contributed by atoms with E-state index in [2.05, 4.69) is 32.2 Å². The Morgan fingerprint density at radius 2 is 2.00 bits per heavy atom. The summed E-state index contributed by atoms with van der Waals surface area (Å²) in [5.41, 5.74) is 9.19. The minimum Gasteiger partial charge on any atom is -0.377 e. The van der Waals surface area contributed by atoms with Crippen LogP contribution >= 0.6 is 0 Å². The van der Waals surface area contributed by atoms with Crippen LogP contribution < -0.4 is 10.6 Å². The SMILES string of the molecule is COCc1nc(C2CC(N)C2)cc(N(C)Cc2cnn(-c3ccccc3)c2)n1. The van der Waals surface area contributed by atoms with Crippen molar-refractivity contribution in [2.45, 2.75) is 38.0 Å². The third kappa shape index (κ3) is 4.05. The summed E-state index contributed by atoms with van der Waals surface area (Å²) in [7, 11) is 3.70. The number of hydrogen-bond acceptors (Lipinski definition) is 6. The Morgan fingerprint density at radius 1 is 1.21 bits per heavy atom. The van der Waals surface area contributed by atoms with Crippen LogP contribution in [-0.4, -0.2) is 39.9 Å². The van der Waals surface area contributed by atoms with Gasteiger partial charge in [0.15, 0.2) is 5.82 Å². The van der Waals surface area contributed by atoms with E-state index < -0.39 is 0 Å². The standard InChI is InChI=1S/C21H26N6O/c1-26(12-15-11-23-27(13-15)18-6-4-3-5-7-18)21-10-19(16-8-17(22)9-16)24-20(25-21)14-28-2/h3-7,10-11,13,16-17H,8-9,12,14,22H2,1-2H3. The molecule has 0 spiro atoms. The molecule has 0 unspecified atom stereocenters. The molecule has 0 radical (unpaired) electrons. The number of ether oxygens (including phenoxy) is 1. The predicted molar refractivity (Wildman–Crippen MR) is 108 cm³/mol. The first-order chi connectivity index (χ1) is 13.6. The molecule has 2 aromatic heterocycles. The van der Waals surface area contributed by atoms with Crippen LogP contribution in [0.4, 0.5) is 5.82 Å². The Kier molecular flexibility index (Phi) is 5.36. The second-order valence-corrected chi connectivity index (χ2v) is 7.41. The van der Waals surface area contributed by atoms with E-state index in [0.29, 0.717) is 24.9 Å². The van der Waals surface area contributed by atoms with Crippen LogP contribution in [0, 0.1) is 0 Å². The van der Waals surface area contributed by atoms with Gasteiger partial charge in [-0.05, 0) is 25.0 Å². The van der Waals surface area contributed by atoms with Crippen molar-refractivity contribution in [1.82, 2.24) is 19.7 Å². The van der Waals surface area contributed by atoms with Crippen LogP contribution in [0.15, 0.2) is 48.8 Å². The molecule has 1 aliphatic carbocycles. The fraction of sp³-hybridized carbons (Fsp3) is 0.381. The van der Waals surface area contributed by atoms with Gasteiger partial charge in [-0.15, -0.1) is 0 Å². The third-order valence-corrected chi connectivity index (χ3v) is 5.11. The molecule has 146 valence electrons. The molecule has 1 aliphatic rings. The Hall–Kier alpha value is -2.77. The Labute approximate surface area is 165 Å². The minimum absolute atomic E-state index is 0.288. The number of aromatic nitrogens is 4. The molecule has 2 heterocycles. The summed E-state index contributed by atoms with van der Waals surface area (Å²) in [6.45, 7) is 1.11. The number of anilines is 1. The largest absolute Gasteiger partial charge is 0.377 e. The number of nitrogens with zero attached hydrogens (tertiary/aromatic N) is 5. The average molecular weight is 378 g/mol. The van der Waals surface area contributed by atoms with Crippen molar-refractivity contribution in [3.63, 3.8) is 0 Å². The molecule has 7 nitrogen and oxygen atoms in total. The molecule has 3 aromatic rings. The number of para-hydroxylation sites is 1. The smallest absolute Gasteiger partial charge is 0.156 e. The van der Waals surface area contributed by atoms with Crippen LogP contribution in [0.1, 0.15) is 35.8 Å². The van der Waals surface area contributed by atoms with E-state index >= 15 is 0 Å². The highest BCUT2D eigenvalue weighted by molar-refractivity contribution is 5.41. The van der Waals surface area contributed by atoms with Gasteiger partial charge in [0, 0.05) is 56.2 Å². The van der Waals surface area contributed by atoms with E-state index in [0.717, 1.165) is 35.6 Å². The normalized spacial score (nSPS) is 18.7. The van der Waals surface area contributed by atoms with Crippen LogP contribution in [0.3, 0.4) is 0 Å². The van der Waals surface area contributed by atoms with Gasteiger partial charge in [0.1, 0.15) is 12.4 Å². The lowest BCUT2D eigenvalue weighted by molar-refractivity contribution is 0.177. The van der Waals surface area contributed by atoms with E-state index in [1.165, 1.54) is 0 Å². The molecule has 1 aromatic carbocycles. The van der Waals surface area contributed by atoms with Gasteiger partial charge in [0.05, 0.1) is 11.9 Å². The van der Waals surface area contributed by atoms with Gasteiger partial charge in [-0.25, -0.2) is 14.6 Å². The van der Waals surface area contributed by atoms with Crippen LogP contribution in [-0.2, 0) is 17.9 Å². The molecule has 7 heteroatoms. The van der Waals surface area contributed by atoms with Gasteiger partial charge in [-0.3, -0.25) is 0 Å². The molecule has 0 amide bonds. The van der Waals surface area contributed by atoms with E-state index in [4.69, 9.17) is 10.5 Å². The highest BCUT2D eigenvalue weighted by Gasteiger charge is 2.29. The van der Waals surface area contributed by atoms with Crippen molar-refractivity contribution in [3.8, 4) is 5.69 Å². The molecule has 0 atom stereocenters. The second kappa shape index (κ2) is 8.08. The van der Waals surface area contributed by atoms with Gasteiger partial charge in [0.25, 0.3) is 0 Å². The maximum atomic E-state index is 5.97. The van der Waals surface area contributed by atoms with Gasteiger partial charge < -0.3 is 15.4 Å². The maximum Gasteiger partial charge on any atom is 0.156 e. The molecule has 28 heavy (non-hydrogen) atoms. The fourth-order valence-corrected chi connectivity index (χ4v) is 3.52. The Balaban J connectivity index is 1.52. The van der Waals surface area contributed by atoms with E-state index in [-0.39, 0.29) is 6.04 Å². The van der Waals surface area contributed by atoms with Gasteiger partial charge in [0.2, 0.25) is 0 Å². The van der Waals surface area contributed by atoms with Crippen LogP contribution in [0.2, 0.25) is 0 Å². The Morgan fingerprint density at radius 3 is 2.71 bits per heavy atom. The fourth-order valence-electron chi connectivity index (χ4n) is 3.52. The monoisotopic (exact) mass is 378 g/mol.